The van der Waals surface area contributed by atoms with Gasteiger partial charge < -0.3 is 15.0 Å². The Morgan fingerprint density at radius 2 is 2.11 bits per heavy atom. The van der Waals surface area contributed by atoms with E-state index in [9.17, 15) is 0 Å². The van der Waals surface area contributed by atoms with Crippen molar-refractivity contribution in [2.45, 2.75) is 20.3 Å². The third-order valence-corrected chi connectivity index (χ3v) is 2.71. The van der Waals surface area contributed by atoms with E-state index < -0.39 is 0 Å². The highest BCUT2D eigenvalue weighted by Gasteiger charge is 2.16. The van der Waals surface area contributed by atoms with Crippen molar-refractivity contribution in [2.24, 2.45) is 5.73 Å². The predicted molar refractivity (Wildman–Crippen MR) is 68.5 cm³/mol. The van der Waals surface area contributed by atoms with Crippen LogP contribution in [0.15, 0.2) is 16.7 Å². The van der Waals surface area contributed by atoms with Crippen LogP contribution in [-0.4, -0.2) is 23.8 Å². The third-order valence-electron chi connectivity index (χ3n) is 2.71. The van der Waals surface area contributed by atoms with Gasteiger partial charge >= 0.3 is 0 Å². The van der Waals surface area contributed by atoms with E-state index in [1.54, 1.807) is 7.11 Å². The second kappa shape index (κ2) is 5.18. The molecule has 2 N–H and O–H groups in total. The van der Waals surface area contributed by atoms with Gasteiger partial charge in [0.15, 0.2) is 0 Å². The summed E-state index contributed by atoms with van der Waals surface area (Å²) < 4.78 is 10.5. The first-order valence-corrected chi connectivity index (χ1v) is 5.84. The number of nitrogens with two attached hydrogens (primary N) is 1. The molecule has 18 heavy (non-hydrogen) atoms. The molecule has 0 aliphatic heterocycles. The number of methoxy groups -OCH3 is 1. The fraction of sp³-hybridized carbons (Fsp3) is 0.385. The number of hydrogen-bond acceptors (Lipinski definition) is 5. The molecule has 0 bridgehead atoms. The minimum Gasteiger partial charge on any atom is -0.496 e. The Kier molecular flexibility index (Phi) is 3.62. The van der Waals surface area contributed by atoms with E-state index in [1.165, 1.54) is 0 Å². The highest BCUT2D eigenvalue weighted by atomic mass is 16.5. The van der Waals surface area contributed by atoms with E-state index >= 15 is 0 Å². The van der Waals surface area contributed by atoms with Crippen LogP contribution in [-0.2, 0) is 6.42 Å². The van der Waals surface area contributed by atoms with Gasteiger partial charge in [0.25, 0.3) is 0 Å². The first kappa shape index (κ1) is 12.6. The van der Waals surface area contributed by atoms with Crippen LogP contribution >= 0.6 is 0 Å². The van der Waals surface area contributed by atoms with Crippen LogP contribution in [0.3, 0.4) is 0 Å². The Labute approximate surface area is 106 Å². The molecule has 5 heteroatoms. The molecule has 1 aromatic heterocycles. The first-order chi connectivity index (χ1) is 8.65. The molecule has 96 valence electrons. The molecular weight excluding hydrogens is 230 g/mol. The van der Waals surface area contributed by atoms with Crippen molar-refractivity contribution in [2.75, 3.05) is 13.7 Å². The molecule has 0 fully saturated rings. The zero-order chi connectivity index (χ0) is 13.1. The molecule has 0 aliphatic carbocycles. The highest BCUT2D eigenvalue weighted by Crippen LogP contribution is 2.32. The van der Waals surface area contributed by atoms with Crippen molar-refractivity contribution >= 4 is 0 Å². The highest BCUT2D eigenvalue weighted by molar-refractivity contribution is 5.68. The van der Waals surface area contributed by atoms with Crippen LogP contribution in [0.2, 0.25) is 0 Å². The lowest BCUT2D eigenvalue weighted by Gasteiger charge is -2.09. The van der Waals surface area contributed by atoms with Crippen LogP contribution in [0.25, 0.3) is 11.4 Å². The molecule has 0 saturated carbocycles. The second-order valence-corrected chi connectivity index (χ2v) is 4.21. The maximum absolute atomic E-state index is 5.46. The minimum atomic E-state index is 0.492. The third kappa shape index (κ3) is 2.36. The average Bonchev–Trinajstić information content (AvgIpc) is 2.76. The van der Waals surface area contributed by atoms with Crippen LogP contribution in [0.5, 0.6) is 5.75 Å². The van der Waals surface area contributed by atoms with Crippen LogP contribution in [0.4, 0.5) is 0 Å². The SMILES string of the molecule is COc1cc(C)cc(C)c1-c1noc(CCN)n1. The van der Waals surface area contributed by atoms with Crippen molar-refractivity contribution in [3.63, 3.8) is 0 Å². The van der Waals surface area contributed by atoms with Crippen molar-refractivity contribution in [1.29, 1.82) is 0 Å². The van der Waals surface area contributed by atoms with Gasteiger partial charge in [-0.1, -0.05) is 11.2 Å². The summed E-state index contributed by atoms with van der Waals surface area (Å²) in [5.74, 6) is 1.86. The molecule has 0 spiro atoms. The largest absolute Gasteiger partial charge is 0.496 e. The number of rotatable bonds is 4. The summed E-state index contributed by atoms with van der Waals surface area (Å²) in [4.78, 5) is 4.33. The van der Waals surface area contributed by atoms with Gasteiger partial charge in [0.05, 0.1) is 12.7 Å². The van der Waals surface area contributed by atoms with Gasteiger partial charge in [-0.05, 0) is 31.0 Å². The standard InChI is InChI=1S/C13H17N3O2/c1-8-6-9(2)12(10(7-8)17-3)13-15-11(4-5-14)18-16-13/h6-7H,4-5,14H2,1-3H3. The number of aryl methyl sites for hydroxylation is 2. The molecule has 0 unspecified atom stereocenters. The van der Waals surface area contributed by atoms with Crippen molar-refractivity contribution < 1.29 is 9.26 Å². The summed E-state index contributed by atoms with van der Waals surface area (Å²) in [5.41, 5.74) is 8.53. The van der Waals surface area contributed by atoms with E-state index in [2.05, 4.69) is 16.2 Å². The Bertz CT molecular complexity index is 549. The molecule has 0 radical (unpaired) electrons. The van der Waals surface area contributed by atoms with Gasteiger partial charge in [0, 0.05) is 13.0 Å². The lowest BCUT2D eigenvalue weighted by Crippen LogP contribution is -2.02. The molecule has 0 aliphatic rings. The quantitative estimate of drug-likeness (QED) is 0.892. The fourth-order valence-corrected chi connectivity index (χ4v) is 1.96. The van der Waals surface area contributed by atoms with Gasteiger partial charge in [-0.25, -0.2) is 0 Å². The van der Waals surface area contributed by atoms with Crippen LogP contribution in [0, 0.1) is 13.8 Å². The van der Waals surface area contributed by atoms with Gasteiger partial charge in [-0.2, -0.15) is 4.98 Å². The smallest absolute Gasteiger partial charge is 0.228 e. The Hall–Kier alpha value is -1.88. The van der Waals surface area contributed by atoms with Gasteiger partial charge in [0.2, 0.25) is 11.7 Å². The van der Waals surface area contributed by atoms with Gasteiger partial charge in [-0.3, -0.25) is 0 Å². The maximum atomic E-state index is 5.46. The Morgan fingerprint density at radius 3 is 2.78 bits per heavy atom. The van der Waals surface area contributed by atoms with Gasteiger partial charge in [0.1, 0.15) is 5.75 Å². The Balaban J connectivity index is 2.48. The molecule has 0 atom stereocenters. The average molecular weight is 247 g/mol. The van der Waals surface area contributed by atoms with E-state index in [-0.39, 0.29) is 0 Å². The molecule has 1 aromatic carbocycles. The fourth-order valence-electron chi connectivity index (χ4n) is 1.96. The summed E-state index contributed by atoms with van der Waals surface area (Å²) in [6.45, 7) is 4.52. The molecule has 5 nitrogen and oxygen atoms in total. The lowest BCUT2D eigenvalue weighted by molar-refractivity contribution is 0.379. The molecule has 2 rings (SSSR count). The number of aromatic nitrogens is 2. The number of nitrogens with zero attached hydrogens (tertiary/aromatic N) is 2. The zero-order valence-corrected chi connectivity index (χ0v) is 10.9. The number of hydrogen-bond donors (Lipinski definition) is 1. The normalized spacial score (nSPS) is 10.7. The first-order valence-electron chi connectivity index (χ1n) is 5.84. The Morgan fingerprint density at radius 1 is 1.33 bits per heavy atom. The minimum absolute atomic E-state index is 0.492. The summed E-state index contributed by atoms with van der Waals surface area (Å²) in [7, 11) is 1.64. The van der Waals surface area contributed by atoms with Crippen molar-refractivity contribution in [1.82, 2.24) is 10.1 Å². The van der Waals surface area contributed by atoms with E-state index in [4.69, 9.17) is 15.0 Å². The summed E-state index contributed by atoms with van der Waals surface area (Å²) in [6.07, 6.45) is 0.584. The second-order valence-electron chi connectivity index (χ2n) is 4.21. The van der Waals surface area contributed by atoms with Crippen molar-refractivity contribution in [3.8, 4) is 17.1 Å². The molecule has 1 heterocycles. The van der Waals surface area contributed by atoms with E-state index in [1.807, 2.05) is 19.9 Å². The topological polar surface area (TPSA) is 74.2 Å². The number of ether oxygens (including phenoxy) is 1. The van der Waals surface area contributed by atoms with Crippen LogP contribution in [0.1, 0.15) is 17.0 Å². The molecule has 0 amide bonds. The predicted octanol–water partition coefficient (Wildman–Crippen LogP) is 1.86. The molecule has 0 saturated heterocycles. The lowest BCUT2D eigenvalue weighted by atomic mass is 10.0. The van der Waals surface area contributed by atoms with Crippen molar-refractivity contribution in [3.05, 3.63) is 29.2 Å². The van der Waals surface area contributed by atoms with Gasteiger partial charge in [-0.15, -0.1) is 0 Å². The van der Waals surface area contributed by atoms with E-state index in [0.29, 0.717) is 24.7 Å². The summed E-state index contributed by atoms with van der Waals surface area (Å²) in [5, 5.41) is 3.98. The number of benzene rings is 1. The molecular formula is C13H17N3O2. The summed E-state index contributed by atoms with van der Waals surface area (Å²) >= 11 is 0. The zero-order valence-electron chi connectivity index (χ0n) is 10.9. The van der Waals surface area contributed by atoms with Crippen LogP contribution < -0.4 is 10.5 Å². The maximum Gasteiger partial charge on any atom is 0.228 e. The monoisotopic (exact) mass is 247 g/mol. The molecule has 2 aromatic rings. The van der Waals surface area contributed by atoms with E-state index in [0.717, 1.165) is 22.4 Å². The summed E-state index contributed by atoms with van der Waals surface area (Å²) in [6, 6.07) is 4.03.